The number of rotatable bonds is 7. The zero-order valence-corrected chi connectivity index (χ0v) is 12.5. The number of nitrogens with one attached hydrogen (secondary N) is 1. The summed E-state index contributed by atoms with van der Waals surface area (Å²) in [6.45, 7) is 3.25. The van der Waals surface area contributed by atoms with Gasteiger partial charge >= 0.3 is 0 Å². The second-order valence-electron chi connectivity index (χ2n) is 4.92. The number of nitrogens with zero attached hydrogens (tertiary/aromatic N) is 4. The molecule has 114 valence electrons. The molecule has 2 rings (SSSR count). The van der Waals surface area contributed by atoms with Crippen LogP contribution in [0, 0.1) is 0 Å². The maximum Gasteiger partial charge on any atom is 0.188 e. The lowest BCUT2D eigenvalue weighted by Gasteiger charge is -2.12. The maximum absolute atomic E-state index is 5.81. The average Bonchev–Trinajstić information content (AvgIpc) is 2.87. The Balaban J connectivity index is 1.79. The number of hydrogen-bond acceptors (Lipinski definition) is 4. The maximum atomic E-state index is 5.81. The standard InChI is InChI=1S/C14H22N6O/c1-11(10-21-2)17-14(15)16-8-5-7-13-19-18-12-6-3-4-9-20(12)13/h3-4,6,9,11H,5,7-8,10H2,1-2H3,(H3,15,16,17). The van der Waals surface area contributed by atoms with E-state index < -0.39 is 0 Å². The van der Waals surface area contributed by atoms with Gasteiger partial charge in [-0.05, 0) is 25.5 Å². The van der Waals surface area contributed by atoms with E-state index in [0.717, 1.165) is 24.3 Å². The smallest absolute Gasteiger partial charge is 0.188 e. The number of fused-ring (bicyclic) bond motifs is 1. The van der Waals surface area contributed by atoms with Crippen LogP contribution >= 0.6 is 0 Å². The molecule has 2 aromatic heterocycles. The van der Waals surface area contributed by atoms with Crippen LogP contribution in [0.4, 0.5) is 0 Å². The predicted octanol–water partition coefficient (Wildman–Crippen LogP) is 0.601. The molecular weight excluding hydrogens is 268 g/mol. The third kappa shape index (κ3) is 4.42. The van der Waals surface area contributed by atoms with Gasteiger partial charge in [-0.2, -0.15) is 0 Å². The van der Waals surface area contributed by atoms with Gasteiger partial charge in [-0.15, -0.1) is 10.2 Å². The molecule has 0 amide bonds. The summed E-state index contributed by atoms with van der Waals surface area (Å²) < 4.78 is 7.02. The highest BCUT2D eigenvalue weighted by Crippen LogP contribution is 2.04. The van der Waals surface area contributed by atoms with Crippen LogP contribution in [0.15, 0.2) is 29.4 Å². The molecule has 0 aliphatic rings. The van der Waals surface area contributed by atoms with Crippen molar-refractivity contribution in [2.45, 2.75) is 25.8 Å². The van der Waals surface area contributed by atoms with E-state index in [9.17, 15) is 0 Å². The highest BCUT2D eigenvalue weighted by molar-refractivity contribution is 5.78. The van der Waals surface area contributed by atoms with Gasteiger partial charge in [0.1, 0.15) is 5.82 Å². The van der Waals surface area contributed by atoms with E-state index in [0.29, 0.717) is 19.1 Å². The van der Waals surface area contributed by atoms with Crippen LogP contribution in [0.25, 0.3) is 5.65 Å². The van der Waals surface area contributed by atoms with E-state index in [1.54, 1.807) is 7.11 Å². The SMILES string of the molecule is COCC(C)NC(N)=NCCCc1nnc2ccccn12. The third-order valence-electron chi connectivity index (χ3n) is 3.04. The zero-order chi connectivity index (χ0) is 15.1. The van der Waals surface area contributed by atoms with Gasteiger partial charge < -0.3 is 15.8 Å². The van der Waals surface area contributed by atoms with Gasteiger partial charge in [0.2, 0.25) is 0 Å². The molecule has 1 atom stereocenters. The van der Waals surface area contributed by atoms with Crippen LogP contribution in [0.3, 0.4) is 0 Å². The second kappa shape index (κ2) is 7.58. The van der Waals surface area contributed by atoms with Crippen LogP contribution in [0.5, 0.6) is 0 Å². The van der Waals surface area contributed by atoms with Crippen molar-refractivity contribution in [3.8, 4) is 0 Å². The van der Waals surface area contributed by atoms with Gasteiger partial charge in [-0.1, -0.05) is 6.07 Å². The van der Waals surface area contributed by atoms with Gasteiger partial charge in [0, 0.05) is 32.3 Å². The van der Waals surface area contributed by atoms with Crippen molar-refractivity contribution in [3.05, 3.63) is 30.2 Å². The van der Waals surface area contributed by atoms with E-state index in [2.05, 4.69) is 20.5 Å². The molecule has 0 fully saturated rings. The van der Waals surface area contributed by atoms with E-state index >= 15 is 0 Å². The number of methoxy groups -OCH3 is 1. The van der Waals surface area contributed by atoms with Gasteiger partial charge in [-0.25, -0.2) is 0 Å². The molecule has 1 unspecified atom stereocenters. The Morgan fingerprint density at radius 3 is 3.14 bits per heavy atom. The summed E-state index contributed by atoms with van der Waals surface area (Å²) in [4.78, 5) is 4.30. The number of aryl methyl sites for hydroxylation is 1. The Kier molecular flexibility index (Phi) is 5.51. The third-order valence-corrected chi connectivity index (χ3v) is 3.04. The van der Waals surface area contributed by atoms with Crippen molar-refractivity contribution in [2.24, 2.45) is 10.7 Å². The van der Waals surface area contributed by atoms with Crippen molar-refractivity contribution >= 4 is 11.6 Å². The Hall–Kier alpha value is -2.15. The van der Waals surface area contributed by atoms with Crippen LogP contribution in [-0.4, -0.2) is 46.9 Å². The van der Waals surface area contributed by atoms with E-state index in [-0.39, 0.29) is 6.04 Å². The van der Waals surface area contributed by atoms with Crippen molar-refractivity contribution in [3.63, 3.8) is 0 Å². The lowest BCUT2D eigenvalue weighted by molar-refractivity contribution is 0.179. The number of hydrogen-bond donors (Lipinski definition) is 2. The first-order chi connectivity index (χ1) is 10.2. The van der Waals surface area contributed by atoms with E-state index in [1.165, 1.54) is 0 Å². The largest absolute Gasteiger partial charge is 0.383 e. The van der Waals surface area contributed by atoms with E-state index in [1.807, 2.05) is 35.7 Å². The molecule has 2 aromatic rings. The summed E-state index contributed by atoms with van der Waals surface area (Å²) in [5.41, 5.74) is 6.67. The minimum absolute atomic E-state index is 0.152. The lowest BCUT2D eigenvalue weighted by Crippen LogP contribution is -2.40. The summed E-state index contributed by atoms with van der Waals surface area (Å²) in [6.07, 6.45) is 3.66. The molecule has 0 saturated carbocycles. The number of nitrogens with two attached hydrogens (primary N) is 1. The molecule has 7 heteroatoms. The van der Waals surface area contributed by atoms with Crippen molar-refractivity contribution in [2.75, 3.05) is 20.3 Å². The molecule has 0 bridgehead atoms. The Morgan fingerprint density at radius 2 is 2.33 bits per heavy atom. The molecule has 21 heavy (non-hydrogen) atoms. The molecule has 2 heterocycles. The molecular formula is C14H22N6O. The first-order valence-electron chi connectivity index (χ1n) is 7.04. The highest BCUT2D eigenvalue weighted by Gasteiger charge is 2.04. The average molecular weight is 290 g/mol. The monoisotopic (exact) mass is 290 g/mol. The summed E-state index contributed by atoms with van der Waals surface area (Å²) in [6, 6.07) is 6.01. The first-order valence-corrected chi connectivity index (χ1v) is 7.04. The summed E-state index contributed by atoms with van der Waals surface area (Å²) in [5, 5.41) is 11.4. The molecule has 0 saturated heterocycles. The number of guanidine groups is 1. The summed E-state index contributed by atoms with van der Waals surface area (Å²) >= 11 is 0. The second-order valence-corrected chi connectivity index (χ2v) is 4.92. The molecule has 0 aromatic carbocycles. The summed E-state index contributed by atoms with van der Waals surface area (Å²) in [5.74, 6) is 1.39. The van der Waals surface area contributed by atoms with Gasteiger partial charge in [0.25, 0.3) is 0 Å². The van der Waals surface area contributed by atoms with Crippen LogP contribution in [-0.2, 0) is 11.2 Å². The minimum Gasteiger partial charge on any atom is -0.383 e. The minimum atomic E-state index is 0.152. The van der Waals surface area contributed by atoms with Gasteiger partial charge in [-0.3, -0.25) is 9.39 Å². The Morgan fingerprint density at radius 1 is 1.48 bits per heavy atom. The molecule has 7 nitrogen and oxygen atoms in total. The Labute approximate surface area is 124 Å². The number of aliphatic imine (C=N–C) groups is 1. The lowest BCUT2D eigenvalue weighted by atomic mass is 10.3. The molecule has 0 aliphatic carbocycles. The zero-order valence-electron chi connectivity index (χ0n) is 12.5. The fourth-order valence-electron chi connectivity index (χ4n) is 2.09. The van der Waals surface area contributed by atoms with Crippen LogP contribution in [0.1, 0.15) is 19.2 Å². The fraction of sp³-hybridized carbons (Fsp3) is 0.500. The van der Waals surface area contributed by atoms with Crippen LogP contribution < -0.4 is 11.1 Å². The highest BCUT2D eigenvalue weighted by atomic mass is 16.5. The van der Waals surface area contributed by atoms with Crippen molar-refractivity contribution in [1.29, 1.82) is 0 Å². The summed E-state index contributed by atoms with van der Waals surface area (Å²) in [7, 11) is 1.66. The van der Waals surface area contributed by atoms with Crippen molar-refractivity contribution in [1.82, 2.24) is 19.9 Å². The van der Waals surface area contributed by atoms with Crippen LogP contribution in [0.2, 0.25) is 0 Å². The molecule has 3 N–H and O–H groups in total. The topological polar surface area (TPSA) is 89.8 Å². The fourth-order valence-corrected chi connectivity index (χ4v) is 2.09. The Bertz CT molecular complexity index is 594. The molecule has 0 aliphatic heterocycles. The predicted molar refractivity (Wildman–Crippen MR) is 82.3 cm³/mol. The molecule has 0 radical (unpaired) electrons. The van der Waals surface area contributed by atoms with Gasteiger partial charge in [0.15, 0.2) is 11.6 Å². The normalized spacial score (nSPS) is 13.5. The number of ether oxygens (including phenoxy) is 1. The quantitative estimate of drug-likeness (QED) is 0.443. The van der Waals surface area contributed by atoms with Crippen molar-refractivity contribution < 1.29 is 4.74 Å². The first kappa shape index (κ1) is 15.2. The molecule has 0 spiro atoms. The van der Waals surface area contributed by atoms with Gasteiger partial charge in [0.05, 0.1) is 6.61 Å². The van der Waals surface area contributed by atoms with E-state index in [4.69, 9.17) is 10.5 Å². The number of pyridine rings is 1. The number of aromatic nitrogens is 3.